The third-order valence-corrected chi connectivity index (χ3v) is 3.66. The molecule has 0 amide bonds. The molecular weight excluding hydrogens is 340 g/mol. The van der Waals surface area contributed by atoms with Crippen molar-refractivity contribution in [1.82, 2.24) is 0 Å². The predicted molar refractivity (Wildman–Crippen MR) is 84.9 cm³/mol. The minimum Gasteiger partial charge on any atom is -0.493 e. The van der Waals surface area contributed by atoms with Gasteiger partial charge in [0.2, 0.25) is 0 Å². The Bertz CT molecular complexity index is 653. The highest BCUT2D eigenvalue weighted by molar-refractivity contribution is 9.10. The molecule has 0 atom stereocenters. The Labute approximate surface area is 131 Å². The number of aryl methyl sites for hydroxylation is 1. The summed E-state index contributed by atoms with van der Waals surface area (Å²) in [4.78, 5) is 12.7. The molecule has 2 rings (SSSR count). The number of halogens is 2. The molecule has 104 valence electrons. The lowest BCUT2D eigenvalue weighted by Crippen LogP contribution is -2.07. The zero-order valence-corrected chi connectivity index (χ0v) is 13.6. The van der Waals surface area contributed by atoms with Gasteiger partial charge in [0.25, 0.3) is 0 Å². The van der Waals surface area contributed by atoms with E-state index in [2.05, 4.69) is 15.9 Å². The van der Waals surface area contributed by atoms with Crippen molar-refractivity contribution >= 4 is 33.3 Å². The first-order valence-electron chi connectivity index (χ1n) is 6.26. The second kappa shape index (κ2) is 6.42. The summed E-state index contributed by atoms with van der Waals surface area (Å²) in [6.07, 6.45) is 0. The lowest BCUT2D eigenvalue weighted by molar-refractivity contribution is 0.103. The van der Waals surface area contributed by atoms with Crippen molar-refractivity contribution < 1.29 is 9.53 Å². The van der Waals surface area contributed by atoms with Gasteiger partial charge in [-0.2, -0.15) is 0 Å². The fourth-order valence-electron chi connectivity index (χ4n) is 1.94. The molecule has 2 nitrogen and oxygen atoms in total. The van der Waals surface area contributed by atoms with E-state index in [1.807, 2.05) is 26.0 Å². The summed E-state index contributed by atoms with van der Waals surface area (Å²) < 4.78 is 6.37. The van der Waals surface area contributed by atoms with Gasteiger partial charge in [-0.3, -0.25) is 4.79 Å². The monoisotopic (exact) mass is 352 g/mol. The number of benzene rings is 2. The van der Waals surface area contributed by atoms with Gasteiger partial charge < -0.3 is 4.74 Å². The van der Waals surface area contributed by atoms with Crippen LogP contribution in [0.5, 0.6) is 5.75 Å². The molecule has 0 aliphatic rings. The van der Waals surface area contributed by atoms with Crippen molar-refractivity contribution in [1.29, 1.82) is 0 Å². The Morgan fingerprint density at radius 1 is 1.20 bits per heavy atom. The summed E-state index contributed by atoms with van der Waals surface area (Å²) in [6, 6.07) is 10.7. The molecule has 0 N–H and O–H groups in total. The Morgan fingerprint density at radius 2 is 1.95 bits per heavy atom. The molecule has 0 aliphatic carbocycles. The van der Waals surface area contributed by atoms with E-state index in [0.717, 1.165) is 10.0 Å². The number of ketones is 1. The zero-order chi connectivity index (χ0) is 14.7. The van der Waals surface area contributed by atoms with Crippen molar-refractivity contribution in [3.63, 3.8) is 0 Å². The van der Waals surface area contributed by atoms with E-state index >= 15 is 0 Å². The van der Waals surface area contributed by atoms with Crippen LogP contribution < -0.4 is 4.74 Å². The van der Waals surface area contributed by atoms with Crippen LogP contribution in [-0.4, -0.2) is 12.4 Å². The minimum atomic E-state index is -0.0882. The van der Waals surface area contributed by atoms with Gasteiger partial charge in [-0.15, -0.1) is 0 Å². The summed E-state index contributed by atoms with van der Waals surface area (Å²) in [7, 11) is 0. The van der Waals surface area contributed by atoms with Crippen molar-refractivity contribution in [2.45, 2.75) is 13.8 Å². The van der Waals surface area contributed by atoms with Crippen LogP contribution in [0.4, 0.5) is 0 Å². The fraction of sp³-hybridized carbons (Fsp3) is 0.188. The van der Waals surface area contributed by atoms with Gasteiger partial charge in [-0.05, 0) is 49.7 Å². The smallest absolute Gasteiger partial charge is 0.197 e. The number of hydrogen-bond acceptors (Lipinski definition) is 2. The quantitative estimate of drug-likeness (QED) is 0.720. The Morgan fingerprint density at radius 3 is 2.65 bits per heavy atom. The first kappa shape index (κ1) is 15.1. The van der Waals surface area contributed by atoms with Crippen molar-refractivity contribution in [2.24, 2.45) is 0 Å². The minimum absolute atomic E-state index is 0.0882. The van der Waals surface area contributed by atoms with Crippen LogP contribution in [0.3, 0.4) is 0 Å². The van der Waals surface area contributed by atoms with E-state index in [0.29, 0.717) is 28.5 Å². The number of carbonyl (C=O) groups excluding carboxylic acids is 1. The molecule has 0 fully saturated rings. The maximum atomic E-state index is 12.7. The Balaban J connectivity index is 2.52. The molecule has 0 saturated carbocycles. The van der Waals surface area contributed by atoms with Crippen LogP contribution >= 0.6 is 27.5 Å². The molecule has 0 unspecified atom stereocenters. The second-order valence-electron chi connectivity index (χ2n) is 4.36. The van der Waals surface area contributed by atoms with Gasteiger partial charge in [0.05, 0.1) is 12.2 Å². The molecule has 0 saturated heterocycles. The fourth-order valence-corrected chi connectivity index (χ4v) is 2.48. The van der Waals surface area contributed by atoms with E-state index in [1.165, 1.54) is 0 Å². The molecule has 4 heteroatoms. The van der Waals surface area contributed by atoms with E-state index in [1.54, 1.807) is 24.3 Å². The average molecular weight is 354 g/mol. The van der Waals surface area contributed by atoms with Crippen molar-refractivity contribution in [3.8, 4) is 5.75 Å². The van der Waals surface area contributed by atoms with E-state index in [9.17, 15) is 4.79 Å². The summed E-state index contributed by atoms with van der Waals surface area (Å²) in [6.45, 7) is 4.29. The standard InChI is InChI=1S/C16H14BrClO2/c1-3-20-15-7-5-11(17)8-14(15)16(19)13-9-12(18)6-4-10(13)2/h4-9H,3H2,1-2H3. The van der Waals surface area contributed by atoms with Crippen molar-refractivity contribution in [3.05, 3.63) is 62.6 Å². The second-order valence-corrected chi connectivity index (χ2v) is 5.71. The molecule has 0 heterocycles. The van der Waals surface area contributed by atoms with Crippen LogP contribution in [-0.2, 0) is 0 Å². The summed E-state index contributed by atoms with van der Waals surface area (Å²) in [5, 5.41) is 0.548. The third kappa shape index (κ3) is 3.22. The predicted octanol–water partition coefficient (Wildman–Crippen LogP) is 5.04. The summed E-state index contributed by atoms with van der Waals surface area (Å²) in [5.41, 5.74) is 2.02. The molecule has 2 aromatic rings. The molecule has 0 bridgehead atoms. The van der Waals surface area contributed by atoms with Gasteiger partial charge >= 0.3 is 0 Å². The van der Waals surface area contributed by atoms with Crippen LogP contribution in [0, 0.1) is 6.92 Å². The highest BCUT2D eigenvalue weighted by Crippen LogP contribution is 2.27. The SMILES string of the molecule is CCOc1ccc(Br)cc1C(=O)c1cc(Cl)ccc1C. The summed E-state index contributed by atoms with van der Waals surface area (Å²) in [5.74, 6) is 0.495. The van der Waals surface area contributed by atoms with Crippen LogP contribution in [0.25, 0.3) is 0 Å². The van der Waals surface area contributed by atoms with Crippen LogP contribution in [0.2, 0.25) is 5.02 Å². The molecule has 0 aliphatic heterocycles. The molecule has 0 radical (unpaired) electrons. The van der Waals surface area contributed by atoms with Gasteiger partial charge in [0.15, 0.2) is 5.78 Å². The molecule has 20 heavy (non-hydrogen) atoms. The van der Waals surface area contributed by atoms with Crippen LogP contribution in [0.1, 0.15) is 28.4 Å². The normalized spacial score (nSPS) is 10.4. The van der Waals surface area contributed by atoms with Crippen LogP contribution in [0.15, 0.2) is 40.9 Å². The zero-order valence-electron chi connectivity index (χ0n) is 11.2. The number of ether oxygens (including phenoxy) is 1. The van der Waals surface area contributed by atoms with Gasteiger partial charge in [-0.1, -0.05) is 33.6 Å². The highest BCUT2D eigenvalue weighted by atomic mass is 79.9. The van der Waals surface area contributed by atoms with E-state index in [4.69, 9.17) is 16.3 Å². The Kier molecular flexibility index (Phi) is 4.84. The largest absolute Gasteiger partial charge is 0.493 e. The third-order valence-electron chi connectivity index (χ3n) is 2.93. The molecular formula is C16H14BrClO2. The average Bonchev–Trinajstić information content (AvgIpc) is 2.43. The molecule has 2 aromatic carbocycles. The molecule has 0 spiro atoms. The van der Waals surface area contributed by atoms with E-state index in [-0.39, 0.29) is 5.78 Å². The van der Waals surface area contributed by atoms with Crippen molar-refractivity contribution in [2.75, 3.05) is 6.61 Å². The van der Waals surface area contributed by atoms with Gasteiger partial charge in [0, 0.05) is 15.1 Å². The van der Waals surface area contributed by atoms with Gasteiger partial charge in [0.1, 0.15) is 5.75 Å². The first-order valence-corrected chi connectivity index (χ1v) is 7.43. The topological polar surface area (TPSA) is 26.3 Å². The Hall–Kier alpha value is -1.32. The first-order chi connectivity index (χ1) is 9.52. The lowest BCUT2D eigenvalue weighted by atomic mass is 9.98. The maximum Gasteiger partial charge on any atom is 0.197 e. The van der Waals surface area contributed by atoms with Gasteiger partial charge in [-0.25, -0.2) is 0 Å². The number of rotatable bonds is 4. The molecule has 0 aromatic heterocycles. The lowest BCUT2D eigenvalue weighted by Gasteiger charge is -2.11. The summed E-state index contributed by atoms with van der Waals surface area (Å²) >= 11 is 9.38. The number of carbonyl (C=O) groups is 1. The highest BCUT2D eigenvalue weighted by Gasteiger charge is 2.17. The maximum absolute atomic E-state index is 12.7. The van der Waals surface area contributed by atoms with E-state index < -0.39 is 0 Å². The number of hydrogen-bond donors (Lipinski definition) is 0.